The molecule has 1 amide bonds. The van der Waals surface area contributed by atoms with Crippen LogP contribution in [0.1, 0.15) is 28.4 Å². The molecule has 35 heavy (non-hydrogen) atoms. The van der Waals surface area contributed by atoms with Crippen molar-refractivity contribution in [3.05, 3.63) is 82.9 Å². The Balaban J connectivity index is 1.58. The molecule has 2 heterocycles. The Kier molecular flexibility index (Phi) is 5.96. The fourth-order valence-electron chi connectivity index (χ4n) is 3.77. The highest BCUT2D eigenvalue weighted by Crippen LogP contribution is 2.30. The molecule has 0 saturated carbocycles. The quantitative estimate of drug-likeness (QED) is 0.307. The SMILES string of the molecule is CCOc1ccc2nc(NC(=O)c3cc4ccc(O)cc4oc3=Nc3ccc(C)cc3C)sc2c1. The van der Waals surface area contributed by atoms with E-state index < -0.39 is 5.91 Å². The number of rotatable bonds is 5. The summed E-state index contributed by atoms with van der Waals surface area (Å²) in [5, 5.41) is 13.9. The summed E-state index contributed by atoms with van der Waals surface area (Å²) in [6.45, 7) is 6.47. The van der Waals surface area contributed by atoms with Crippen molar-refractivity contribution in [1.82, 2.24) is 4.98 Å². The van der Waals surface area contributed by atoms with Crippen LogP contribution in [0.3, 0.4) is 0 Å². The van der Waals surface area contributed by atoms with Gasteiger partial charge in [-0.1, -0.05) is 29.0 Å². The van der Waals surface area contributed by atoms with Crippen molar-refractivity contribution in [3.8, 4) is 11.5 Å². The Morgan fingerprint density at radius 1 is 1.11 bits per heavy atom. The van der Waals surface area contributed by atoms with Crippen LogP contribution in [-0.2, 0) is 0 Å². The van der Waals surface area contributed by atoms with Crippen molar-refractivity contribution in [1.29, 1.82) is 0 Å². The van der Waals surface area contributed by atoms with Crippen LogP contribution >= 0.6 is 11.3 Å². The molecule has 0 fully saturated rings. The van der Waals surface area contributed by atoms with Gasteiger partial charge >= 0.3 is 0 Å². The molecule has 2 N–H and O–H groups in total. The highest BCUT2D eigenvalue weighted by Gasteiger charge is 2.16. The van der Waals surface area contributed by atoms with E-state index in [0.717, 1.165) is 27.1 Å². The first-order valence-corrected chi connectivity index (χ1v) is 11.9. The number of aromatic nitrogens is 1. The number of nitrogens with zero attached hydrogens (tertiary/aromatic N) is 2. The molecule has 0 spiro atoms. The highest BCUT2D eigenvalue weighted by molar-refractivity contribution is 7.22. The number of ether oxygens (including phenoxy) is 1. The molecule has 0 aliphatic rings. The van der Waals surface area contributed by atoms with Crippen LogP contribution in [0.2, 0.25) is 0 Å². The molecule has 0 bridgehead atoms. The normalized spacial score (nSPS) is 11.8. The van der Waals surface area contributed by atoms with Gasteiger partial charge in [0.1, 0.15) is 22.6 Å². The molecule has 0 saturated heterocycles. The summed E-state index contributed by atoms with van der Waals surface area (Å²) in [7, 11) is 0. The molecule has 5 aromatic rings. The van der Waals surface area contributed by atoms with Crippen molar-refractivity contribution in [2.75, 3.05) is 11.9 Å². The molecule has 0 aliphatic carbocycles. The molecule has 0 atom stereocenters. The van der Waals surface area contributed by atoms with Gasteiger partial charge in [0.05, 0.1) is 22.5 Å². The minimum Gasteiger partial charge on any atom is -0.508 e. The summed E-state index contributed by atoms with van der Waals surface area (Å²) in [5.74, 6) is 0.431. The molecule has 5 rings (SSSR count). The number of carbonyl (C=O) groups is 1. The Bertz CT molecular complexity index is 1650. The van der Waals surface area contributed by atoms with Gasteiger partial charge < -0.3 is 14.3 Å². The highest BCUT2D eigenvalue weighted by atomic mass is 32.1. The molecule has 0 radical (unpaired) electrons. The number of hydrogen-bond acceptors (Lipinski definition) is 7. The number of fused-ring (bicyclic) bond motifs is 2. The summed E-state index contributed by atoms with van der Waals surface area (Å²) >= 11 is 1.36. The molecule has 8 heteroatoms. The monoisotopic (exact) mass is 485 g/mol. The second-order valence-electron chi connectivity index (χ2n) is 8.12. The molecular formula is C27H23N3O4S. The van der Waals surface area contributed by atoms with Gasteiger partial charge in [-0.15, -0.1) is 0 Å². The Morgan fingerprint density at radius 3 is 2.77 bits per heavy atom. The number of thiazole rings is 1. The second kappa shape index (κ2) is 9.23. The summed E-state index contributed by atoms with van der Waals surface area (Å²) in [5.41, 5.74) is 4.36. The number of aromatic hydroxyl groups is 1. The number of hydrogen-bond donors (Lipinski definition) is 2. The number of anilines is 1. The minimum atomic E-state index is -0.392. The van der Waals surface area contributed by atoms with E-state index >= 15 is 0 Å². The number of phenols is 1. The van der Waals surface area contributed by atoms with Gasteiger partial charge in [0.2, 0.25) is 5.55 Å². The molecule has 0 aliphatic heterocycles. The van der Waals surface area contributed by atoms with Gasteiger partial charge in [-0.05, 0) is 68.8 Å². The van der Waals surface area contributed by atoms with Crippen LogP contribution in [0.5, 0.6) is 11.5 Å². The zero-order valence-corrected chi connectivity index (χ0v) is 20.3. The average Bonchev–Trinajstić information content (AvgIpc) is 3.22. The van der Waals surface area contributed by atoms with E-state index in [9.17, 15) is 9.90 Å². The van der Waals surface area contributed by atoms with Crippen molar-refractivity contribution < 1.29 is 19.1 Å². The summed E-state index contributed by atoms with van der Waals surface area (Å²) in [6.07, 6.45) is 0. The van der Waals surface area contributed by atoms with E-state index in [1.54, 1.807) is 18.2 Å². The van der Waals surface area contributed by atoms with Gasteiger partial charge in [0, 0.05) is 11.5 Å². The van der Waals surface area contributed by atoms with E-state index in [1.807, 2.05) is 57.2 Å². The molecule has 7 nitrogen and oxygen atoms in total. The first-order valence-electron chi connectivity index (χ1n) is 11.1. The lowest BCUT2D eigenvalue weighted by Crippen LogP contribution is -2.21. The first kappa shape index (κ1) is 22.6. The summed E-state index contributed by atoms with van der Waals surface area (Å²) in [6, 6.07) is 17.9. The molecule has 0 unspecified atom stereocenters. The lowest BCUT2D eigenvalue weighted by atomic mass is 10.1. The van der Waals surface area contributed by atoms with Crippen molar-refractivity contribution in [2.24, 2.45) is 4.99 Å². The second-order valence-corrected chi connectivity index (χ2v) is 9.16. The maximum Gasteiger partial charge on any atom is 0.262 e. The summed E-state index contributed by atoms with van der Waals surface area (Å²) in [4.78, 5) is 22.6. The maximum atomic E-state index is 13.4. The van der Waals surface area contributed by atoms with Crippen LogP contribution in [0.4, 0.5) is 10.8 Å². The van der Waals surface area contributed by atoms with Gasteiger partial charge in [-0.2, -0.15) is 0 Å². The van der Waals surface area contributed by atoms with Crippen LogP contribution < -0.4 is 15.6 Å². The standard InChI is InChI=1S/C27H23N3O4S/c1-4-33-19-8-10-22-24(14-19)35-27(29-22)30-25(32)20-12-17-6-7-18(31)13-23(17)34-26(20)28-21-9-5-15(2)11-16(21)3/h5-14,31H,4H2,1-3H3,(H,29,30,32). The fraction of sp³-hybridized carbons (Fsp3) is 0.148. The fourth-order valence-corrected chi connectivity index (χ4v) is 4.66. The van der Waals surface area contributed by atoms with Crippen LogP contribution in [0.25, 0.3) is 21.2 Å². The van der Waals surface area contributed by atoms with Crippen molar-refractivity contribution >= 4 is 49.2 Å². The predicted molar refractivity (Wildman–Crippen MR) is 138 cm³/mol. The van der Waals surface area contributed by atoms with E-state index in [4.69, 9.17) is 9.15 Å². The summed E-state index contributed by atoms with van der Waals surface area (Å²) < 4.78 is 12.5. The van der Waals surface area contributed by atoms with Gasteiger partial charge in [0.15, 0.2) is 5.13 Å². The average molecular weight is 486 g/mol. The lowest BCUT2D eigenvalue weighted by molar-refractivity contribution is 0.102. The lowest BCUT2D eigenvalue weighted by Gasteiger charge is -2.06. The van der Waals surface area contributed by atoms with Crippen LogP contribution in [0, 0.1) is 13.8 Å². The molecule has 2 aromatic heterocycles. The Morgan fingerprint density at radius 2 is 1.97 bits per heavy atom. The largest absolute Gasteiger partial charge is 0.508 e. The van der Waals surface area contributed by atoms with E-state index in [2.05, 4.69) is 15.3 Å². The van der Waals surface area contributed by atoms with E-state index in [-0.39, 0.29) is 16.9 Å². The zero-order valence-electron chi connectivity index (χ0n) is 19.5. The smallest absolute Gasteiger partial charge is 0.262 e. The number of nitrogens with one attached hydrogen (secondary N) is 1. The van der Waals surface area contributed by atoms with Crippen LogP contribution in [-0.4, -0.2) is 22.6 Å². The van der Waals surface area contributed by atoms with Crippen molar-refractivity contribution in [3.63, 3.8) is 0 Å². The number of benzene rings is 3. The predicted octanol–water partition coefficient (Wildman–Crippen LogP) is 6.25. The van der Waals surface area contributed by atoms with Gasteiger partial charge in [-0.3, -0.25) is 10.1 Å². The number of aryl methyl sites for hydroxylation is 2. The number of phenolic OH excluding ortho intramolecular Hbond substituents is 1. The third kappa shape index (κ3) is 4.74. The van der Waals surface area contributed by atoms with E-state index in [0.29, 0.717) is 28.4 Å². The third-order valence-electron chi connectivity index (χ3n) is 5.44. The Hall–Kier alpha value is -4.17. The number of amides is 1. The van der Waals surface area contributed by atoms with Crippen LogP contribution in [0.15, 0.2) is 70.1 Å². The molecule has 176 valence electrons. The van der Waals surface area contributed by atoms with Gasteiger partial charge in [-0.25, -0.2) is 9.98 Å². The third-order valence-corrected chi connectivity index (χ3v) is 6.38. The zero-order chi connectivity index (χ0) is 24.5. The molecular weight excluding hydrogens is 462 g/mol. The molecule has 3 aromatic carbocycles. The first-order chi connectivity index (χ1) is 16.9. The van der Waals surface area contributed by atoms with E-state index in [1.165, 1.54) is 17.4 Å². The number of carbonyl (C=O) groups excluding carboxylic acids is 1. The van der Waals surface area contributed by atoms with Crippen molar-refractivity contribution in [2.45, 2.75) is 20.8 Å². The maximum absolute atomic E-state index is 13.4. The Labute approximate surface area is 205 Å². The minimum absolute atomic E-state index is 0.0665. The van der Waals surface area contributed by atoms with Gasteiger partial charge in [0.25, 0.3) is 5.91 Å². The topological polar surface area (TPSA) is 97.0 Å².